The Morgan fingerprint density at radius 3 is 2.86 bits per heavy atom. The Labute approximate surface area is 132 Å². The molecule has 22 heavy (non-hydrogen) atoms. The maximum atomic E-state index is 13.3. The summed E-state index contributed by atoms with van der Waals surface area (Å²) in [5.41, 5.74) is 2.03. The molecule has 1 aliphatic carbocycles. The fraction of sp³-hybridized carbons (Fsp3) is 0.375. The van der Waals surface area contributed by atoms with Crippen molar-refractivity contribution in [3.63, 3.8) is 0 Å². The average Bonchev–Trinajstić information content (AvgIpc) is 3.23. The van der Waals surface area contributed by atoms with Gasteiger partial charge in [0.2, 0.25) is 11.1 Å². The van der Waals surface area contributed by atoms with Crippen LogP contribution < -0.4 is 5.32 Å². The van der Waals surface area contributed by atoms with Gasteiger partial charge >= 0.3 is 0 Å². The normalized spacial score (nSPS) is 15.6. The first-order chi connectivity index (χ1) is 10.5. The van der Waals surface area contributed by atoms with Crippen molar-refractivity contribution >= 4 is 17.5 Å². The van der Waals surface area contributed by atoms with E-state index in [2.05, 4.69) is 10.5 Å². The molecule has 0 aliphatic heterocycles. The van der Waals surface area contributed by atoms with Gasteiger partial charge in [0.25, 0.3) is 0 Å². The first kappa shape index (κ1) is 15.0. The molecule has 1 aromatic heterocycles. The summed E-state index contributed by atoms with van der Waals surface area (Å²) in [7, 11) is 0. The second kappa shape index (κ2) is 5.72. The van der Waals surface area contributed by atoms with E-state index in [9.17, 15) is 9.18 Å². The van der Waals surface area contributed by atoms with E-state index >= 15 is 0 Å². The molecule has 0 atom stereocenters. The number of nitrogens with one attached hydrogen (secondary N) is 1. The lowest BCUT2D eigenvalue weighted by molar-refractivity contribution is -0.120. The summed E-state index contributed by atoms with van der Waals surface area (Å²) in [5, 5.41) is 6.78. The quantitative estimate of drug-likeness (QED) is 0.920. The van der Waals surface area contributed by atoms with Gasteiger partial charge in [-0.15, -0.1) is 0 Å². The van der Waals surface area contributed by atoms with Gasteiger partial charge in [-0.3, -0.25) is 4.79 Å². The zero-order valence-electron chi connectivity index (χ0n) is 12.2. The average molecular weight is 323 g/mol. The van der Waals surface area contributed by atoms with E-state index in [1.807, 2.05) is 6.07 Å². The van der Waals surface area contributed by atoms with Gasteiger partial charge in [0.05, 0.1) is 12.1 Å². The van der Waals surface area contributed by atoms with Crippen molar-refractivity contribution in [1.82, 2.24) is 10.5 Å². The zero-order chi connectivity index (χ0) is 15.7. The zero-order valence-corrected chi connectivity index (χ0v) is 12.9. The van der Waals surface area contributed by atoms with Crippen molar-refractivity contribution in [3.05, 3.63) is 52.1 Å². The van der Waals surface area contributed by atoms with Crippen LogP contribution in [0.3, 0.4) is 0 Å². The van der Waals surface area contributed by atoms with Crippen LogP contribution in [0.4, 0.5) is 4.39 Å². The molecule has 116 valence electrons. The lowest BCUT2D eigenvalue weighted by atomic mass is 9.96. The molecule has 1 N–H and O–H groups in total. The Balaban J connectivity index is 1.62. The van der Waals surface area contributed by atoms with Gasteiger partial charge in [-0.2, -0.15) is 0 Å². The van der Waals surface area contributed by atoms with Gasteiger partial charge < -0.3 is 9.84 Å². The van der Waals surface area contributed by atoms with Gasteiger partial charge in [0.15, 0.2) is 0 Å². The summed E-state index contributed by atoms with van der Waals surface area (Å²) in [6, 6.07) is 6.57. The Kier molecular flexibility index (Phi) is 3.91. The highest BCUT2D eigenvalue weighted by atomic mass is 35.5. The minimum absolute atomic E-state index is 0.132. The monoisotopic (exact) mass is 322 g/mol. The minimum Gasteiger partial charge on any atom is -0.355 e. The second-order valence-corrected chi connectivity index (χ2v) is 6.11. The molecule has 1 saturated carbocycles. The second-order valence-electron chi connectivity index (χ2n) is 5.76. The number of aromatic nitrogens is 1. The van der Waals surface area contributed by atoms with Crippen LogP contribution >= 0.6 is 11.6 Å². The van der Waals surface area contributed by atoms with Crippen molar-refractivity contribution in [1.29, 1.82) is 0 Å². The molecule has 1 aliphatic rings. The van der Waals surface area contributed by atoms with E-state index in [-0.39, 0.29) is 28.8 Å². The first-order valence-electron chi connectivity index (χ1n) is 7.14. The molecule has 0 radical (unpaired) electrons. The lowest BCUT2D eigenvalue weighted by Gasteiger charge is -2.16. The Hall–Kier alpha value is -1.88. The molecular weight excluding hydrogens is 307 g/mol. The van der Waals surface area contributed by atoms with Crippen LogP contribution in [0.15, 0.2) is 28.8 Å². The molecular formula is C16H16ClFN2O2. The summed E-state index contributed by atoms with van der Waals surface area (Å²) >= 11 is 5.85. The fourth-order valence-electron chi connectivity index (χ4n) is 2.59. The molecule has 3 rings (SSSR count). The minimum atomic E-state index is -0.248. The Morgan fingerprint density at radius 1 is 1.50 bits per heavy atom. The van der Waals surface area contributed by atoms with Crippen molar-refractivity contribution in [2.45, 2.75) is 31.6 Å². The number of benzene rings is 1. The number of amides is 1. The predicted octanol–water partition coefficient (Wildman–Crippen LogP) is 3.17. The Bertz CT molecular complexity index is 690. The highest BCUT2D eigenvalue weighted by Gasteiger charge is 2.44. The SMILES string of the molecule is Cc1noc(Cl)c1CC(=O)NCC1(c2cccc(F)c2)CC1. The van der Waals surface area contributed by atoms with Crippen molar-refractivity contribution in [2.24, 2.45) is 0 Å². The standard InChI is InChI=1S/C16H16ClFN2O2/c1-10-13(15(17)22-20-10)8-14(21)19-9-16(5-6-16)11-3-2-4-12(18)7-11/h2-4,7H,5-6,8-9H2,1H3,(H,19,21). The van der Waals surface area contributed by atoms with Gasteiger partial charge in [-0.05, 0) is 49.1 Å². The van der Waals surface area contributed by atoms with Crippen molar-refractivity contribution in [2.75, 3.05) is 6.54 Å². The third kappa shape index (κ3) is 2.99. The van der Waals surface area contributed by atoms with Crippen LogP contribution in [0, 0.1) is 12.7 Å². The third-order valence-electron chi connectivity index (χ3n) is 4.19. The van der Waals surface area contributed by atoms with Gasteiger partial charge in [-0.25, -0.2) is 4.39 Å². The maximum absolute atomic E-state index is 13.3. The summed E-state index contributed by atoms with van der Waals surface area (Å²) < 4.78 is 18.2. The van der Waals surface area contributed by atoms with E-state index in [0.717, 1.165) is 18.4 Å². The number of carbonyl (C=O) groups is 1. The molecule has 0 bridgehead atoms. The molecule has 2 aromatic rings. The van der Waals surface area contributed by atoms with E-state index in [1.54, 1.807) is 19.1 Å². The third-order valence-corrected chi connectivity index (χ3v) is 4.49. The number of aryl methyl sites for hydroxylation is 1. The van der Waals surface area contributed by atoms with Crippen LogP contribution in [0.2, 0.25) is 5.22 Å². The van der Waals surface area contributed by atoms with Gasteiger partial charge in [0, 0.05) is 17.5 Å². The van der Waals surface area contributed by atoms with Crippen molar-refractivity contribution < 1.29 is 13.7 Å². The van der Waals surface area contributed by atoms with Crippen LogP contribution in [-0.2, 0) is 16.6 Å². The van der Waals surface area contributed by atoms with Crippen LogP contribution in [-0.4, -0.2) is 17.6 Å². The van der Waals surface area contributed by atoms with Gasteiger partial charge in [0.1, 0.15) is 5.82 Å². The first-order valence-corrected chi connectivity index (χ1v) is 7.51. The number of rotatable bonds is 5. The van der Waals surface area contributed by atoms with E-state index < -0.39 is 0 Å². The fourth-order valence-corrected chi connectivity index (χ4v) is 2.82. The Morgan fingerprint density at radius 2 is 2.27 bits per heavy atom. The van der Waals surface area contributed by atoms with E-state index in [4.69, 9.17) is 16.1 Å². The van der Waals surface area contributed by atoms with Crippen molar-refractivity contribution in [3.8, 4) is 0 Å². The number of hydrogen-bond acceptors (Lipinski definition) is 3. The lowest BCUT2D eigenvalue weighted by Crippen LogP contribution is -2.33. The summed E-state index contributed by atoms with van der Waals surface area (Å²) in [6.45, 7) is 2.24. The maximum Gasteiger partial charge on any atom is 0.229 e. The molecule has 1 amide bonds. The highest BCUT2D eigenvalue weighted by molar-refractivity contribution is 6.29. The highest BCUT2D eigenvalue weighted by Crippen LogP contribution is 2.47. The summed E-state index contributed by atoms with van der Waals surface area (Å²) in [5.74, 6) is -0.391. The molecule has 1 heterocycles. The number of halogens is 2. The summed E-state index contributed by atoms with van der Waals surface area (Å²) in [6.07, 6.45) is 2.03. The van der Waals surface area contributed by atoms with Crippen LogP contribution in [0.1, 0.15) is 29.7 Å². The molecule has 1 fully saturated rings. The topological polar surface area (TPSA) is 55.1 Å². The largest absolute Gasteiger partial charge is 0.355 e. The van der Waals surface area contributed by atoms with E-state index in [1.165, 1.54) is 6.07 Å². The summed E-state index contributed by atoms with van der Waals surface area (Å²) in [4.78, 5) is 12.1. The molecule has 6 heteroatoms. The molecule has 0 spiro atoms. The molecule has 0 saturated heterocycles. The smallest absolute Gasteiger partial charge is 0.229 e. The molecule has 0 unspecified atom stereocenters. The van der Waals surface area contributed by atoms with E-state index in [0.29, 0.717) is 17.8 Å². The van der Waals surface area contributed by atoms with Gasteiger partial charge in [-0.1, -0.05) is 17.3 Å². The predicted molar refractivity (Wildman–Crippen MR) is 80.3 cm³/mol. The van der Waals surface area contributed by atoms with Crippen LogP contribution in [0.25, 0.3) is 0 Å². The number of carbonyl (C=O) groups excluding carboxylic acids is 1. The number of hydrogen-bond donors (Lipinski definition) is 1. The molecule has 4 nitrogen and oxygen atoms in total. The van der Waals surface area contributed by atoms with Crippen LogP contribution in [0.5, 0.6) is 0 Å². The number of nitrogens with zero attached hydrogens (tertiary/aromatic N) is 1. The molecule has 1 aromatic carbocycles.